The molecule has 25 heavy (non-hydrogen) atoms. The summed E-state index contributed by atoms with van der Waals surface area (Å²) in [5.41, 5.74) is -0.000479. The molecule has 0 saturated carbocycles. The molecule has 2 aromatic carbocycles. The number of nitrogens with zero attached hydrogens (tertiary/aromatic N) is 1. The zero-order chi connectivity index (χ0) is 18.0. The summed E-state index contributed by atoms with van der Waals surface area (Å²) in [6.45, 7) is 1.53. The molecule has 0 saturated heterocycles. The molecule has 0 aliphatic heterocycles. The molecule has 1 atom stereocenters. The first kappa shape index (κ1) is 16.6. The van der Waals surface area contributed by atoms with E-state index in [4.69, 9.17) is 0 Å². The summed E-state index contributed by atoms with van der Waals surface area (Å²) in [7, 11) is 0. The largest absolute Gasteiger partial charge is 0.348 e. The number of carbonyl (C=O) groups excluding carboxylic acids is 1. The van der Waals surface area contributed by atoms with Gasteiger partial charge < -0.3 is 5.32 Å². The maximum atomic E-state index is 13.0. The van der Waals surface area contributed by atoms with Crippen LogP contribution in [0.3, 0.4) is 0 Å². The number of hydrogen-bond donors (Lipinski definition) is 2. The number of nitrogens with one attached hydrogen (secondary N) is 2. The van der Waals surface area contributed by atoms with Gasteiger partial charge in [0.2, 0.25) is 5.91 Å². The van der Waals surface area contributed by atoms with Crippen LogP contribution in [0.25, 0.3) is 10.9 Å². The van der Waals surface area contributed by atoms with Gasteiger partial charge in [0.25, 0.3) is 5.56 Å². The lowest BCUT2D eigenvalue weighted by molar-refractivity contribution is -0.122. The summed E-state index contributed by atoms with van der Waals surface area (Å²) in [5.74, 6) is -0.746. The standard InChI is InChI=1S/C18H16FN3O3/c1-11(12-6-8-13(19)9-7-12)20-16(23)10-22-15-5-3-2-4-14(15)17(24)21-18(22)25/h2-9,11H,10H2,1H3,(H,20,23)(H,21,24,25). The number of halogens is 1. The number of amides is 1. The number of hydrogen-bond acceptors (Lipinski definition) is 3. The van der Waals surface area contributed by atoms with Crippen LogP contribution in [-0.2, 0) is 11.3 Å². The molecule has 2 N–H and O–H groups in total. The number of benzene rings is 2. The van der Waals surface area contributed by atoms with Gasteiger partial charge in [0.05, 0.1) is 16.9 Å². The van der Waals surface area contributed by atoms with E-state index in [1.807, 2.05) is 0 Å². The second-order valence-electron chi connectivity index (χ2n) is 5.70. The van der Waals surface area contributed by atoms with Crippen LogP contribution in [0, 0.1) is 5.82 Å². The molecular formula is C18H16FN3O3. The highest BCUT2D eigenvalue weighted by molar-refractivity contribution is 5.81. The zero-order valence-electron chi connectivity index (χ0n) is 13.5. The van der Waals surface area contributed by atoms with Crippen LogP contribution in [0.1, 0.15) is 18.5 Å². The molecule has 0 aliphatic rings. The molecule has 3 rings (SSSR count). The number of aromatic nitrogens is 2. The molecule has 3 aromatic rings. The first-order valence-corrected chi connectivity index (χ1v) is 7.72. The van der Waals surface area contributed by atoms with Gasteiger partial charge >= 0.3 is 5.69 Å². The van der Waals surface area contributed by atoms with Crippen LogP contribution in [0.5, 0.6) is 0 Å². The average molecular weight is 341 g/mol. The minimum absolute atomic E-state index is 0.234. The lowest BCUT2D eigenvalue weighted by Gasteiger charge is -2.15. The molecule has 1 unspecified atom stereocenters. The normalized spacial score (nSPS) is 12.1. The Bertz CT molecular complexity index is 1040. The molecule has 6 nitrogen and oxygen atoms in total. The quantitative estimate of drug-likeness (QED) is 0.758. The van der Waals surface area contributed by atoms with Crippen LogP contribution < -0.4 is 16.6 Å². The van der Waals surface area contributed by atoms with Gasteiger partial charge in [-0.15, -0.1) is 0 Å². The summed E-state index contributed by atoms with van der Waals surface area (Å²) in [5, 5.41) is 3.09. The van der Waals surface area contributed by atoms with Crippen LogP contribution >= 0.6 is 0 Å². The smallest absolute Gasteiger partial charge is 0.329 e. The van der Waals surface area contributed by atoms with Crippen molar-refractivity contribution in [2.75, 3.05) is 0 Å². The van der Waals surface area contributed by atoms with Gasteiger partial charge in [-0.1, -0.05) is 24.3 Å². The Hall–Kier alpha value is -3.22. The predicted octanol–water partition coefficient (Wildman–Crippen LogP) is 1.71. The summed E-state index contributed by atoms with van der Waals surface area (Å²) in [6.07, 6.45) is 0. The minimum atomic E-state index is -0.645. The zero-order valence-corrected chi connectivity index (χ0v) is 13.5. The van der Waals surface area contributed by atoms with Crippen molar-refractivity contribution >= 4 is 16.8 Å². The van der Waals surface area contributed by atoms with E-state index < -0.39 is 17.2 Å². The molecule has 0 bridgehead atoms. The van der Waals surface area contributed by atoms with Gasteiger partial charge in [-0.25, -0.2) is 9.18 Å². The maximum absolute atomic E-state index is 13.0. The Morgan fingerprint density at radius 3 is 2.56 bits per heavy atom. The number of H-pyrrole nitrogens is 1. The van der Waals surface area contributed by atoms with E-state index in [0.717, 1.165) is 5.56 Å². The van der Waals surface area contributed by atoms with Crippen molar-refractivity contribution in [2.24, 2.45) is 0 Å². The van der Waals surface area contributed by atoms with E-state index >= 15 is 0 Å². The van der Waals surface area contributed by atoms with Crippen LogP contribution in [0.2, 0.25) is 0 Å². The second kappa shape index (κ2) is 6.72. The van der Waals surface area contributed by atoms with Crippen LogP contribution in [-0.4, -0.2) is 15.5 Å². The molecule has 128 valence electrons. The Morgan fingerprint density at radius 2 is 1.84 bits per heavy atom. The van der Waals surface area contributed by atoms with E-state index in [0.29, 0.717) is 10.9 Å². The van der Waals surface area contributed by atoms with E-state index in [1.54, 1.807) is 43.3 Å². The molecule has 1 heterocycles. The lowest BCUT2D eigenvalue weighted by atomic mass is 10.1. The Kier molecular flexibility index (Phi) is 4.47. The minimum Gasteiger partial charge on any atom is -0.348 e. The number of carbonyl (C=O) groups is 1. The summed E-state index contributed by atoms with van der Waals surface area (Å²) in [4.78, 5) is 38.4. The third-order valence-electron chi connectivity index (χ3n) is 3.95. The van der Waals surface area contributed by atoms with Crippen molar-refractivity contribution < 1.29 is 9.18 Å². The molecule has 7 heteroatoms. The van der Waals surface area contributed by atoms with Crippen LogP contribution in [0.15, 0.2) is 58.1 Å². The Morgan fingerprint density at radius 1 is 1.16 bits per heavy atom. The number of aromatic amines is 1. The van der Waals surface area contributed by atoms with Crippen molar-refractivity contribution in [1.82, 2.24) is 14.9 Å². The molecule has 0 radical (unpaired) electrons. The summed E-state index contributed by atoms with van der Waals surface area (Å²) < 4.78 is 14.2. The third-order valence-corrected chi connectivity index (χ3v) is 3.95. The lowest BCUT2D eigenvalue weighted by Crippen LogP contribution is -2.37. The molecule has 0 spiro atoms. The van der Waals surface area contributed by atoms with Crippen molar-refractivity contribution in [3.05, 3.63) is 80.7 Å². The van der Waals surface area contributed by atoms with Gasteiger partial charge in [0, 0.05) is 0 Å². The number of fused-ring (bicyclic) bond motifs is 1. The first-order chi connectivity index (χ1) is 12.0. The van der Waals surface area contributed by atoms with Gasteiger partial charge in [-0.2, -0.15) is 0 Å². The van der Waals surface area contributed by atoms with Gasteiger partial charge in [-0.05, 0) is 36.8 Å². The molecule has 1 amide bonds. The molecule has 0 aliphatic carbocycles. The second-order valence-corrected chi connectivity index (χ2v) is 5.70. The van der Waals surface area contributed by atoms with Gasteiger partial charge in [0.15, 0.2) is 0 Å². The third kappa shape index (κ3) is 3.50. The Labute approximate surface area is 141 Å². The van der Waals surface area contributed by atoms with Crippen LogP contribution in [0.4, 0.5) is 4.39 Å². The molecular weight excluding hydrogens is 325 g/mol. The SMILES string of the molecule is CC(NC(=O)Cn1c(=O)[nH]c(=O)c2ccccc21)c1ccc(F)cc1. The van der Waals surface area contributed by atoms with Crippen molar-refractivity contribution in [3.63, 3.8) is 0 Å². The predicted molar refractivity (Wildman–Crippen MR) is 91.8 cm³/mol. The highest BCUT2D eigenvalue weighted by Gasteiger charge is 2.13. The Balaban J connectivity index is 1.84. The van der Waals surface area contributed by atoms with Crippen molar-refractivity contribution in [2.45, 2.75) is 19.5 Å². The topological polar surface area (TPSA) is 84.0 Å². The van der Waals surface area contributed by atoms with E-state index in [9.17, 15) is 18.8 Å². The van der Waals surface area contributed by atoms with E-state index in [1.165, 1.54) is 16.7 Å². The monoisotopic (exact) mass is 341 g/mol. The van der Waals surface area contributed by atoms with Gasteiger partial charge in [-0.3, -0.25) is 19.1 Å². The van der Waals surface area contributed by atoms with Crippen molar-refractivity contribution in [1.29, 1.82) is 0 Å². The first-order valence-electron chi connectivity index (χ1n) is 7.72. The maximum Gasteiger partial charge on any atom is 0.329 e. The van der Waals surface area contributed by atoms with E-state index in [2.05, 4.69) is 10.3 Å². The van der Waals surface area contributed by atoms with E-state index in [-0.39, 0.29) is 18.4 Å². The fourth-order valence-corrected chi connectivity index (χ4v) is 2.66. The molecule has 0 fully saturated rings. The number of rotatable bonds is 4. The fourth-order valence-electron chi connectivity index (χ4n) is 2.66. The average Bonchev–Trinajstić information content (AvgIpc) is 2.59. The highest BCUT2D eigenvalue weighted by Crippen LogP contribution is 2.13. The summed E-state index contributed by atoms with van der Waals surface area (Å²) >= 11 is 0. The highest BCUT2D eigenvalue weighted by atomic mass is 19.1. The van der Waals surface area contributed by atoms with Crippen molar-refractivity contribution in [3.8, 4) is 0 Å². The number of para-hydroxylation sites is 1. The fraction of sp³-hybridized carbons (Fsp3) is 0.167. The molecule has 1 aromatic heterocycles. The van der Waals surface area contributed by atoms with Gasteiger partial charge in [0.1, 0.15) is 12.4 Å². The summed E-state index contributed by atoms with van der Waals surface area (Å²) in [6, 6.07) is 12.0.